The van der Waals surface area contributed by atoms with Gasteiger partial charge in [0.15, 0.2) is 0 Å². The van der Waals surface area contributed by atoms with Gasteiger partial charge in [0, 0.05) is 53.2 Å². The van der Waals surface area contributed by atoms with Crippen LogP contribution in [0.2, 0.25) is 0 Å². The van der Waals surface area contributed by atoms with Gasteiger partial charge in [-0.2, -0.15) is 0 Å². The molecule has 13 heteroatoms. The third-order valence-electron chi connectivity index (χ3n) is 7.50. The van der Waals surface area contributed by atoms with Crippen molar-refractivity contribution >= 4 is 23.9 Å². The summed E-state index contributed by atoms with van der Waals surface area (Å²) in [5, 5.41) is 30.9. The Kier molecular flexibility index (Phi) is 14.3. The number of aryl methyl sites for hydroxylation is 1. The van der Waals surface area contributed by atoms with Crippen LogP contribution in [0.4, 0.5) is 9.59 Å². The highest BCUT2D eigenvalue weighted by molar-refractivity contribution is 5.90. The second kappa shape index (κ2) is 17.4. The van der Waals surface area contributed by atoms with Crippen molar-refractivity contribution in [2.24, 2.45) is 11.8 Å². The molecule has 0 saturated heterocycles. The van der Waals surface area contributed by atoms with E-state index in [0.717, 1.165) is 11.1 Å². The van der Waals surface area contributed by atoms with Crippen LogP contribution in [0.3, 0.4) is 0 Å². The normalized spacial score (nSPS) is 13.8. The van der Waals surface area contributed by atoms with E-state index in [1.807, 2.05) is 44.2 Å². The number of phenolic OH excluding ortho intramolecular Hbond substituents is 1. The van der Waals surface area contributed by atoms with E-state index < -0.39 is 47.6 Å². The van der Waals surface area contributed by atoms with Crippen LogP contribution >= 0.6 is 0 Å². The first-order valence-corrected chi connectivity index (χ1v) is 15.4. The fraction of sp³-hybridized carbons (Fsp3) is 0.515. The molecule has 0 fully saturated rings. The fourth-order valence-electron chi connectivity index (χ4n) is 4.49. The molecule has 0 aliphatic rings. The van der Waals surface area contributed by atoms with Crippen molar-refractivity contribution in [3.05, 3.63) is 65.7 Å². The zero-order valence-corrected chi connectivity index (χ0v) is 28.2. The molecule has 6 N–H and O–H groups in total. The Morgan fingerprint density at radius 3 is 1.91 bits per heavy atom. The van der Waals surface area contributed by atoms with E-state index in [1.54, 1.807) is 45.1 Å². The van der Waals surface area contributed by atoms with Gasteiger partial charge in [0.05, 0.1) is 0 Å². The minimum atomic E-state index is -2.21. The summed E-state index contributed by atoms with van der Waals surface area (Å²) in [6, 6.07) is 13.7. The van der Waals surface area contributed by atoms with Crippen LogP contribution in [-0.4, -0.2) is 101 Å². The Balaban J connectivity index is 2.44. The molecule has 0 aromatic heterocycles. The number of carbonyl (C=O) groups is 4. The quantitative estimate of drug-likeness (QED) is 0.128. The summed E-state index contributed by atoms with van der Waals surface area (Å²) in [5.74, 6) is -2.06. The lowest BCUT2D eigenvalue weighted by Crippen LogP contribution is -2.65. The molecule has 3 atom stereocenters. The molecule has 0 heterocycles. The second-order valence-electron chi connectivity index (χ2n) is 12.5. The molecular weight excluding hydrogens is 590 g/mol. The largest absolute Gasteiger partial charge is 0.508 e. The van der Waals surface area contributed by atoms with Gasteiger partial charge in [-0.05, 0) is 42.0 Å². The van der Waals surface area contributed by atoms with Crippen molar-refractivity contribution in [2.75, 3.05) is 34.7 Å². The highest BCUT2D eigenvalue weighted by Gasteiger charge is 2.42. The highest BCUT2D eigenvalue weighted by atomic mass is 16.3. The number of rotatable bonds is 15. The number of urea groups is 2. The molecule has 0 aliphatic heterocycles. The minimum absolute atomic E-state index is 0.0892. The predicted molar refractivity (Wildman–Crippen MR) is 176 cm³/mol. The average Bonchev–Trinajstić information content (AvgIpc) is 2.99. The first-order chi connectivity index (χ1) is 21.5. The number of aliphatic hydroxyl groups is 1. The van der Waals surface area contributed by atoms with Crippen LogP contribution in [0.1, 0.15) is 45.2 Å². The molecule has 0 aliphatic carbocycles. The Labute approximate surface area is 272 Å². The third-order valence-corrected chi connectivity index (χ3v) is 7.50. The Morgan fingerprint density at radius 1 is 0.804 bits per heavy atom. The topological polar surface area (TPSA) is 167 Å². The van der Waals surface area contributed by atoms with Gasteiger partial charge >= 0.3 is 12.1 Å². The van der Waals surface area contributed by atoms with Crippen LogP contribution in [0.5, 0.6) is 5.75 Å². The maximum atomic E-state index is 13.7. The number of hydrazine groups is 1. The maximum absolute atomic E-state index is 13.7. The van der Waals surface area contributed by atoms with Crippen LogP contribution in [-0.2, 0) is 22.6 Å². The number of aromatic hydroxyl groups is 1. The molecule has 0 bridgehead atoms. The fourth-order valence-corrected chi connectivity index (χ4v) is 4.49. The Bertz CT molecular complexity index is 1290. The first kappa shape index (κ1) is 37.8. The summed E-state index contributed by atoms with van der Waals surface area (Å²) >= 11 is 0. The monoisotopic (exact) mass is 641 g/mol. The van der Waals surface area contributed by atoms with Crippen LogP contribution in [0, 0.1) is 11.8 Å². The zero-order valence-electron chi connectivity index (χ0n) is 28.2. The van der Waals surface area contributed by atoms with Crippen molar-refractivity contribution in [1.82, 2.24) is 36.2 Å². The van der Waals surface area contributed by atoms with Gasteiger partial charge in [-0.25, -0.2) is 14.6 Å². The number of hydrogen-bond acceptors (Lipinski definition) is 7. The number of nitrogens with zero attached hydrogens (tertiary/aromatic N) is 3. The minimum Gasteiger partial charge on any atom is -0.508 e. The molecule has 0 spiro atoms. The molecular formula is C33H51N7O6. The van der Waals surface area contributed by atoms with E-state index in [0.29, 0.717) is 12.8 Å². The molecule has 0 unspecified atom stereocenters. The first-order valence-electron chi connectivity index (χ1n) is 15.4. The number of carbonyl (C=O) groups excluding carboxylic acids is 4. The van der Waals surface area contributed by atoms with Crippen molar-refractivity contribution < 1.29 is 29.4 Å². The number of amides is 6. The van der Waals surface area contributed by atoms with Crippen molar-refractivity contribution in [3.8, 4) is 5.75 Å². The average molecular weight is 642 g/mol. The predicted octanol–water partition coefficient (Wildman–Crippen LogP) is 2.25. The van der Waals surface area contributed by atoms with Gasteiger partial charge < -0.3 is 36.0 Å². The van der Waals surface area contributed by atoms with Gasteiger partial charge in [-0.15, -0.1) is 0 Å². The highest BCUT2D eigenvalue weighted by Crippen LogP contribution is 2.17. The molecule has 0 radical (unpaired) electrons. The van der Waals surface area contributed by atoms with Crippen LogP contribution < -0.4 is 21.4 Å². The molecule has 2 aromatic carbocycles. The van der Waals surface area contributed by atoms with Gasteiger partial charge in [0.25, 0.3) is 11.8 Å². The van der Waals surface area contributed by atoms with Crippen LogP contribution in [0.25, 0.3) is 0 Å². The maximum Gasteiger partial charge on any atom is 0.319 e. The standard InChI is InChI=1S/C33H51N7O6/c1-22(2)28(35-31(44)38(5)6)29(42)37-40(20-25-15-18-27(41)19-16-25)21-26(17-14-24-12-10-9-11-13-24)34-30(43)33(46,23(3)4)36-32(45)39(7)8/h9-13,15-16,18-19,22-23,26,28,41,46H,14,17,20-21H2,1-8H3,(H,34,43)(H,35,44)(H,36,45)(H,37,42)/t26-,28-,33+/m0/s1. The molecule has 46 heavy (non-hydrogen) atoms. The Morgan fingerprint density at radius 2 is 1.39 bits per heavy atom. The molecule has 2 aromatic rings. The smallest absolute Gasteiger partial charge is 0.319 e. The number of phenols is 1. The molecule has 6 amide bonds. The van der Waals surface area contributed by atoms with Gasteiger partial charge in [0.2, 0.25) is 5.72 Å². The molecule has 0 saturated carbocycles. The van der Waals surface area contributed by atoms with Gasteiger partial charge in [0.1, 0.15) is 11.8 Å². The Hall–Kier alpha value is -4.36. The number of hydrogen-bond donors (Lipinski definition) is 6. The van der Waals surface area contributed by atoms with Crippen LogP contribution in [0.15, 0.2) is 54.6 Å². The lowest BCUT2D eigenvalue weighted by Gasteiger charge is -2.36. The van der Waals surface area contributed by atoms with Crippen molar-refractivity contribution in [2.45, 2.75) is 64.9 Å². The lowest BCUT2D eigenvalue weighted by atomic mass is 9.97. The molecule has 13 nitrogen and oxygen atoms in total. The zero-order chi connectivity index (χ0) is 34.6. The summed E-state index contributed by atoms with van der Waals surface area (Å²) in [7, 11) is 6.18. The van der Waals surface area contributed by atoms with Gasteiger partial charge in [-0.1, -0.05) is 70.2 Å². The SMILES string of the molecule is CC(C)[C@H](NC(=O)N(C)C)C(=O)NN(Cc1ccc(O)cc1)C[C@H](CCc1ccccc1)NC(=O)[C@@](O)(NC(=O)N(C)C)C(C)C. The van der Waals surface area contributed by atoms with E-state index in [9.17, 15) is 29.4 Å². The van der Waals surface area contributed by atoms with Crippen molar-refractivity contribution in [1.29, 1.82) is 0 Å². The van der Waals surface area contributed by atoms with E-state index in [-0.39, 0.29) is 24.8 Å². The summed E-state index contributed by atoms with van der Waals surface area (Å²) in [6.07, 6.45) is 1.00. The summed E-state index contributed by atoms with van der Waals surface area (Å²) < 4.78 is 0. The third kappa shape index (κ3) is 11.5. The van der Waals surface area contributed by atoms with E-state index in [4.69, 9.17) is 0 Å². The number of benzene rings is 2. The van der Waals surface area contributed by atoms with Gasteiger partial charge in [-0.3, -0.25) is 15.0 Å². The summed E-state index contributed by atoms with van der Waals surface area (Å²) in [4.78, 5) is 54.8. The van der Waals surface area contributed by atoms with E-state index in [1.165, 1.54) is 36.0 Å². The molecule has 2 rings (SSSR count). The lowest BCUT2D eigenvalue weighted by molar-refractivity contribution is -0.148. The second-order valence-corrected chi connectivity index (χ2v) is 12.5. The number of nitrogens with one attached hydrogen (secondary N) is 4. The summed E-state index contributed by atoms with van der Waals surface area (Å²) in [5.41, 5.74) is 2.51. The van der Waals surface area contributed by atoms with Crippen molar-refractivity contribution in [3.63, 3.8) is 0 Å². The summed E-state index contributed by atoms with van der Waals surface area (Å²) in [6.45, 7) is 7.19. The van der Waals surface area contributed by atoms with E-state index in [2.05, 4.69) is 21.4 Å². The molecule has 254 valence electrons. The van der Waals surface area contributed by atoms with E-state index >= 15 is 0 Å².